The molecule has 6 N–H and O–H groups in total. The normalized spacial score (nSPS) is 18.8. The maximum Gasteiger partial charge on any atom is 0.290 e. The third-order valence-electron chi connectivity index (χ3n) is 7.96. The fourth-order valence-corrected chi connectivity index (χ4v) is 5.34. The Bertz CT molecular complexity index is 1790. The van der Waals surface area contributed by atoms with E-state index in [0.717, 1.165) is 11.8 Å². The van der Waals surface area contributed by atoms with Gasteiger partial charge in [-0.2, -0.15) is 4.98 Å². The van der Waals surface area contributed by atoms with Crippen LogP contribution in [0, 0.1) is 0 Å². The van der Waals surface area contributed by atoms with Crippen LogP contribution in [0.2, 0.25) is 0 Å². The van der Waals surface area contributed by atoms with E-state index in [2.05, 4.69) is 36.4 Å². The van der Waals surface area contributed by atoms with Gasteiger partial charge < -0.3 is 45.2 Å². The van der Waals surface area contributed by atoms with Crippen molar-refractivity contribution in [3.63, 3.8) is 0 Å². The second kappa shape index (κ2) is 19.3. The van der Waals surface area contributed by atoms with Crippen molar-refractivity contribution in [1.82, 2.24) is 36.4 Å². The number of ether oxygens (including phenoxy) is 1. The Morgan fingerprint density at radius 3 is 2.52 bits per heavy atom. The second-order valence-electron chi connectivity index (χ2n) is 11.7. The van der Waals surface area contributed by atoms with Gasteiger partial charge in [0.2, 0.25) is 35.3 Å². The Morgan fingerprint density at radius 1 is 1.06 bits per heavy atom. The van der Waals surface area contributed by atoms with Crippen molar-refractivity contribution in [3.8, 4) is 17.1 Å². The van der Waals surface area contributed by atoms with Crippen molar-refractivity contribution in [2.45, 2.75) is 69.7 Å². The van der Waals surface area contributed by atoms with Crippen molar-refractivity contribution >= 4 is 30.1 Å². The maximum absolute atomic E-state index is 13.8. The average Bonchev–Trinajstić information content (AvgIpc) is 3.83. The summed E-state index contributed by atoms with van der Waals surface area (Å²) >= 11 is 0. The van der Waals surface area contributed by atoms with Crippen molar-refractivity contribution in [2.24, 2.45) is 0 Å². The number of nitrogens with zero attached hydrogens (tertiary/aromatic N) is 3. The standard InChI is InChI=1S/C34H39N7O8.CH2O2/c1-20(42)29-33(46)35-17-9-8-13-23(36-27(43)15-16-28-39-30(41-49-28)22-12-6-7-14-26(22)47-2)31(44)37-24(18-21-10-4-3-5-11-21)34-38-25(19-48-34)32(45)40-29;2-1-3/h3-7,10-12,14,19-20,23-24,29,42H,8-9,13,15-18H2,1-2H3,(H,35,46)(H,36,43)(H,37,44)(H,40,45);1H,(H,2,3)/t20-,23+,24+,29+;/m1./s1. The summed E-state index contributed by atoms with van der Waals surface area (Å²) in [5.41, 5.74) is 1.38. The molecule has 17 heteroatoms. The predicted octanol–water partition coefficient (Wildman–Crippen LogP) is 1.73. The predicted molar refractivity (Wildman–Crippen MR) is 183 cm³/mol. The van der Waals surface area contributed by atoms with Crippen LogP contribution < -0.4 is 26.0 Å². The van der Waals surface area contributed by atoms with Gasteiger partial charge in [0.1, 0.15) is 30.1 Å². The molecule has 17 nitrogen and oxygen atoms in total. The molecule has 1 aliphatic rings. The number of hydrogen-bond acceptors (Lipinski definition) is 12. The molecule has 276 valence electrons. The summed E-state index contributed by atoms with van der Waals surface area (Å²) in [5.74, 6) is -0.970. The summed E-state index contributed by atoms with van der Waals surface area (Å²) in [6.07, 6.45) is 1.52. The molecule has 5 rings (SSSR count). The van der Waals surface area contributed by atoms with E-state index < -0.39 is 47.9 Å². The van der Waals surface area contributed by atoms with Gasteiger partial charge in [-0.05, 0) is 43.9 Å². The number of carbonyl (C=O) groups excluding carboxylic acids is 4. The van der Waals surface area contributed by atoms with Crippen LogP contribution in [0.5, 0.6) is 5.75 Å². The molecule has 2 aromatic carbocycles. The number of carbonyl (C=O) groups is 5. The molecule has 52 heavy (non-hydrogen) atoms. The van der Waals surface area contributed by atoms with Crippen LogP contribution in [0.4, 0.5) is 0 Å². The zero-order chi connectivity index (χ0) is 37.5. The van der Waals surface area contributed by atoms with Gasteiger partial charge in [-0.3, -0.25) is 24.0 Å². The number of nitrogens with one attached hydrogen (secondary N) is 4. The number of oxazole rings is 1. The second-order valence-corrected chi connectivity index (χ2v) is 11.7. The number of amides is 4. The van der Waals surface area contributed by atoms with E-state index in [1.165, 1.54) is 6.92 Å². The van der Waals surface area contributed by atoms with Crippen LogP contribution in [0.3, 0.4) is 0 Å². The van der Waals surface area contributed by atoms with E-state index >= 15 is 0 Å². The van der Waals surface area contributed by atoms with Crippen LogP contribution in [0.25, 0.3) is 11.4 Å². The van der Waals surface area contributed by atoms with Gasteiger partial charge >= 0.3 is 0 Å². The summed E-state index contributed by atoms with van der Waals surface area (Å²) in [6, 6.07) is 13.6. The number of carboxylic acid groups (broad SMARTS) is 1. The lowest BCUT2D eigenvalue weighted by atomic mass is 10.0. The topological polar surface area (TPSA) is 248 Å². The highest BCUT2D eigenvalue weighted by Crippen LogP contribution is 2.27. The summed E-state index contributed by atoms with van der Waals surface area (Å²) in [7, 11) is 1.54. The molecule has 0 saturated heterocycles. The molecule has 0 fully saturated rings. The van der Waals surface area contributed by atoms with Crippen molar-refractivity contribution in [2.75, 3.05) is 13.7 Å². The van der Waals surface area contributed by atoms with Crippen LogP contribution in [0.15, 0.2) is 69.8 Å². The molecule has 4 aromatic rings. The summed E-state index contributed by atoms with van der Waals surface area (Å²) in [6.45, 7) is 1.37. The molecule has 2 aromatic heterocycles. The van der Waals surface area contributed by atoms with E-state index in [4.69, 9.17) is 23.6 Å². The number of aliphatic hydroxyl groups excluding tert-OH is 1. The van der Waals surface area contributed by atoms with Crippen LogP contribution >= 0.6 is 0 Å². The minimum Gasteiger partial charge on any atom is -0.496 e. The molecule has 0 aliphatic carbocycles. The van der Waals surface area contributed by atoms with Crippen molar-refractivity contribution in [1.29, 1.82) is 0 Å². The van der Waals surface area contributed by atoms with E-state index in [1.807, 2.05) is 42.5 Å². The Balaban J connectivity index is 0.00000195. The van der Waals surface area contributed by atoms with E-state index in [0.29, 0.717) is 30.0 Å². The number of fused-ring (bicyclic) bond motifs is 2. The number of rotatable bonds is 9. The molecule has 0 saturated carbocycles. The first-order valence-electron chi connectivity index (χ1n) is 16.5. The highest BCUT2D eigenvalue weighted by molar-refractivity contribution is 5.96. The number of aryl methyl sites for hydroxylation is 1. The molecule has 3 heterocycles. The molecular weight excluding hydrogens is 678 g/mol. The van der Waals surface area contributed by atoms with E-state index in [9.17, 15) is 24.3 Å². The zero-order valence-corrected chi connectivity index (χ0v) is 28.6. The minimum atomic E-state index is -1.22. The van der Waals surface area contributed by atoms with Gasteiger partial charge in [0.15, 0.2) is 5.69 Å². The Labute approximate surface area is 298 Å². The first-order valence-corrected chi connectivity index (χ1v) is 16.5. The molecule has 0 spiro atoms. The monoisotopic (exact) mass is 719 g/mol. The van der Waals surface area contributed by atoms with Gasteiger partial charge in [-0.1, -0.05) is 47.6 Å². The summed E-state index contributed by atoms with van der Waals surface area (Å²) < 4.78 is 16.4. The van der Waals surface area contributed by atoms with Gasteiger partial charge in [0.05, 0.1) is 18.8 Å². The third-order valence-corrected chi connectivity index (χ3v) is 7.96. The van der Waals surface area contributed by atoms with Crippen LogP contribution in [-0.4, -0.2) is 87.3 Å². The molecule has 0 unspecified atom stereocenters. The molecular formula is C35H41N7O10. The highest BCUT2D eigenvalue weighted by atomic mass is 16.5. The van der Waals surface area contributed by atoms with Crippen LogP contribution in [0.1, 0.15) is 66.5 Å². The van der Waals surface area contributed by atoms with Crippen molar-refractivity contribution < 1.29 is 47.9 Å². The lowest BCUT2D eigenvalue weighted by molar-refractivity contribution is -0.129. The Kier molecular flexibility index (Phi) is 14.4. The number of methoxy groups -OCH3 is 1. The summed E-state index contributed by atoms with van der Waals surface area (Å²) in [5, 5.41) is 32.1. The fourth-order valence-electron chi connectivity index (χ4n) is 5.34. The number of hydrogen-bond donors (Lipinski definition) is 6. The smallest absolute Gasteiger partial charge is 0.290 e. The molecule has 1 aliphatic heterocycles. The SMILES string of the molecule is COc1ccccc1-c1noc(CCC(=O)N[C@H]2CCCCNC(=O)[C@H]([C@@H](C)O)NC(=O)c3coc(n3)[C@H](Cc3ccccc3)NC2=O)n1.O=CO. The maximum atomic E-state index is 13.8. The first-order chi connectivity index (χ1) is 25.1. The van der Waals surface area contributed by atoms with Crippen LogP contribution in [-0.2, 0) is 32.0 Å². The van der Waals surface area contributed by atoms with E-state index in [-0.39, 0.29) is 56.2 Å². The first kappa shape index (κ1) is 38.7. The van der Waals surface area contributed by atoms with Gasteiger partial charge in [0.25, 0.3) is 12.4 Å². The fraction of sp³-hybridized carbons (Fsp3) is 0.371. The van der Waals surface area contributed by atoms with Gasteiger partial charge in [-0.15, -0.1) is 0 Å². The molecule has 4 amide bonds. The Morgan fingerprint density at radius 2 is 1.79 bits per heavy atom. The van der Waals surface area contributed by atoms with E-state index in [1.54, 1.807) is 19.2 Å². The number of aromatic nitrogens is 3. The quantitative estimate of drug-likeness (QED) is 0.135. The summed E-state index contributed by atoms with van der Waals surface area (Å²) in [4.78, 5) is 69.8. The molecule has 2 bridgehead atoms. The Hall–Kier alpha value is -6.10. The third kappa shape index (κ3) is 10.9. The zero-order valence-electron chi connectivity index (χ0n) is 28.6. The number of aliphatic hydroxyl groups is 1. The highest BCUT2D eigenvalue weighted by Gasteiger charge is 2.30. The van der Waals surface area contributed by atoms with Crippen molar-refractivity contribution in [3.05, 3.63) is 83.9 Å². The van der Waals surface area contributed by atoms with Gasteiger partial charge in [-0.25, -0.2) is 4.98 Å². The minimum absolute atomic E-state index is 0.0280. The number of benzene rings is 2. The lowest BCUT2D eigenvalue weighted by Gasteiger charge is -2.23. The largest absolute Gasteiger partial charge is 0.496 e. The van der Waals surface area contributed by atoms with Gasteiger partial charge in [0, 0.05) is 25.8 Å². The molecule has 4 atom stereocenters. The lowest BCUT2D eigenvalue weighted by Crippen LogP contribution is -2.52. The molecule has 0 radical (unpaired) electrons. The number of para-hydroxylation sites is 1. The average molecular weight is 720 g/mol.